The molecule has 2 rings (SSSR count). The number of aromatic nitrogens is 1. The Morgan fingerprint density at radius 3 is 2.80 bits per heavy atom. The summed E-state index contributed by atoms with van der Waals surface area (Å²) in [5, 5.41) is 9.73. The van der Waals surface area contributed by atoms with Crippen molar-refractivity contribution in [3.05, 3.63) is 42.1 Å². The zero-order valence-electron chi connectivity index (χ0n) is 11.7. The minimum Gasteiger partial charge on any atom is -0.396 e. The summed E-state index contributed by atoms with van der Waals surface area (Å²) >= 11 is 0. The van der Waals surface area contributed by atoms with Gasteiger partial charge in [0.15, 0.2) is 0 Å². The van der Waals surface area contributed by atoms with Gasteiger partial charge in [0, 0.05) is 31.8 Å². The van der Waals surface area contributed by atoms with Crippen LogP contribution in [0.15, 0.2) is 36.5 Å². The Labute approximate surface area is 119 Å². The molecule has 0 atom stereocenters. The maximum Gasteiger partial charge on any atom is 0.255 e. The van der Waals surface area contributed by atoms with Crippen LogP contribution in [-0.2, 0) is 0 Å². The summed E-state index contributed by atoms with van der Waals surface area (Å²) in [4.78, 5) is 18.5. The Morgan fingerprint density at radius 1 is 1.20 bits per heavy atom. The summed E-state index contributed by atoms with van der Waals surface area (Å²) in [6, 6.07) is 9.49. The first kappa shape index (κ1) is 14.5. The Kier molecular flexibility index (Phi) is 5.07. The SMILES string of the molecule is CN(CCCCCO)C(=O)c1cccc2cccnc12. The minimum absolute atomic E-state index is 0.00158. The van der Waals surface area contributed by atoms with E-state index < -0.39 is 0 Å². The maximum atomic E-state index is 12.5. The summed E-state index contributed by atoms with van der Waals surface area (Å²) in [6.45, 7) is 0.910. The van der Waals surface area contributed by atoms with E-state index in [0.717, 1.165) is 30.2 Å². The fraction of sp³-hybridized carbons (Fsp3) is 0.375. The van der Waals surface area contributed by atoms with Gasteiger partial charge in [-0.15, -0.1) is 0 Å². The predicted molar refractivity (Wildman–Crippen MR) is 79.6 cm³/mol. The number of benzene rings is 1. The monoisotopic (exact) mass is 272 g/mol. The van der Waals surface area contributed by atoms with Crippen molar-refractivity contribution in [2.75, 3.05) is 20.2 Å². The van der Waals surface area contributed by atoms with E-state index in [1.54, 1.807) is 11.1 Å². The van der Waals surface area contributed by atoms with Gasteiger partial charge in [-0.25, -0.2) is 0 Å². The van der Waals surface area contributed by atoms with Crippen LogP contribution in [0.5, 0.6) is 0 Å². The lowest BCUT2D eigenvalue weighted by Gasteiger charge is -2.17. The molecule has 0 aliphatic rings. The van der Waals surface area contributed by atoms with Crippen LogP contribution in [0.4, 0.5) is 0 Å². The van der Waals surface area contributed by atoms with Gasteiger partial charge in [0.1, 0.15) is 0 Å². The van der Waals surface area contributed by atoms with E-state index in [1.165, 1.54) is 0 Å². The average molecular weight is 272 g/mol. The quantitative estimate of drug-likeness (QED) is 0.822. The van der Waals surface area contributed by atoms with Gasteiger partial charge >= 0.3 is 0 Å². The first-order valence-corrected chi connectivity index (χ1v) is 6.94. The number of hydrogen-bond acceptors (Lipinski definition) is 3. The van der Waals surface area contributed by atoms with Crippen molar-refractivity contribution in [2.45, 2.75) is 19.3 Å². The van der Waals surface area contributed by atoms with Crippen molar-refractivity contribution in [1.29, 1.82) is 0 Å². The number of carbonyl (C=O) groups excluding carboxylic acids is 1. The van der Waals surface area contributed by atoms with Gasteiger partial charge in [-0.3, -0.25) is 9.78 Å². The molecule has 1 N–H and O–H groups in total. The molecule has 0 spiro atoms. The lowest BCUT2D eigenvalue weighted by molar-refractivity contribution is 0.0794. The van der Waals surface area contributed by atoms with E-state index in [1.807, 2.05) is 37.4 Å². The third kappa shape index (κ3) is 3.33. The molecular weight excluding hydrogens is 252 g/mol. The molecule has 4 heteroatoms. The molecule has 1 aromatic carbocycles. The number of rotatable bonds is 6. The Hall–Kier alpha value is -1.94. The first-order chi connectivity index (χ1) is 9.74. The number of hydrogen-bond donors (Lipinski definition) is 1. The highest BCUT2D eigenvalue weighted by atomic mass is 16.2. The summed E-state index contributed by atoms with van der Waals surface area (Å²) in [7, 11) is 1.81. The van der Waals surface area contributed by atoms with Crippen molar-refractivity contribution < 1.29 is 9.90 Å². The Bertz CT molecular complexity index is 578. The molecule has 20 heavy (non-hydrogen) atoms. The number of carbonyl (C=O) groups is 1. The van der Waals surface area contributed by atoms with Gasteiger partial charge < -0.3 is 10.0 Å². The predicted octanol–water partition coefficient (Wildman–Crippen LogP) is 2.47. The summed E-state index contributed by atoms with van der Waals surface area (Å²) in [5.74, 6) is -0.00158. The van der Waals surface area contributed by atoms with Gasteiger partial charge in [0.25, 0.3) is 5.91 Å². The molecule has 0 aliphatic carbocycles. The second kappa shape index (κ2) is 7.01. The minimum atomic E-state index is -0.00158. The van der Waals surface area contributed by atoms with Crippen LogP contribution in [0.2, 0.25) is 0 Å². The van der Waals surface area contributed by atoms with Gasteiger partial charge in [-0.05, 0) is 31.4 Å². The van der Waals surface area contributed by atoms with E-state index in [0.29, 0.717) is 12.1 Å². The Balaban J connectivity index is 2.10. The zero-order chi connectivity index (χ0) is 14.4. The molecule has 4 nitrogen and oxygen atoms in total. The Morgan fingerprint density at radius 2 is 2.00 bits per heavy atom. The average Bonchev–Trinajstić information content (AvgIpc) is 2.50. The summed E-state index contributed by atoms with van der Waals surface area (Å²) in [6.07, 6.45) is 4.33. The second-order valence-corrected chi connectivity index (χ2v) is 4.89. The molecule has 0 unspecified atom stereocenters. The molecule has 2 aromatic rings. The first-order valence-electron chi connectivity index (χ1n) is 6.94. The maximum absolute atomic E-state index is 12.5. The number of para-hydroxylation sites is 1. The third-order valence-electron chi connectivity index (χ3n) is 3.36. The fourth-order valence-electron chi connectivity index (χ4n) is 2.22. The van der Waals surface area contributed by atoms with Crippen LogP contribution in [0.3, 0.4) is 0 Å². The van der Waals surface area contributed by atoms with Crippen molar-refractivity contribution >= 4 is 16.8 Å². The second-order valence-electron chi connectivity index (χ2n) is 4.89. The standard InChI is InChI=1S/C16H20N2O2/c1-18(11-3-2-4-12-19)16(20)14-9-5-7-13-8-6-10-17-15(13)14/h5-10,19H,2-4,11-12H2,1H3. The van der Waals surface area contributed by atoms with Crippen molar-refractivity contribution in [2.24, 2.45) is 0 Å². The molecule has 0 bridgehead atoms. The highest BCUT2D eigenvalue weighted by molar-refractivity contribution is 6.05. The molecule has 106 valence electrons. The number of unbranched alkanes of at least 4 members (excludes halogenated alkanes) is 2. The van der Waals surface area contributed by atoms with E-state index >= 15 is 0 Å². The van der Waals surface area contributed by atoms with Gasteiger partial charge in [-0.2, -0.15) is 0 Å². The fourth-order valence-corrected chi connectivity index (χ4v) is 2.22. The van der Waals surface area contributed by atoms with E-state index in [-0.39, 0.29) is 12.5 Å². The lowest BCUT2D eigenvalue weighted by Crippen LogP contribution is -2.28. The van der Waals surface area contributed by atoms with E-state index in [4.69, 9.17) is 5.11 Å². The van der Waals surface area contributed by atoms with Crippen LogP contribution in [0.25, 0.3) is 10.9 Å². The molecule has 0 aliphatic heterocycles. The van der Waals surface area contributed by atoms with Crippen LogP contribution in [0.1, 0.15) is 29.6 Å². The number of amides is 1. The molecule has 1 amide bonds. The molecule has 0 fully saturated rings. The summed E-state index contributed by atoms with van der Waals surface area (Å²) < 4.78 is 0. The van der Waals surface area contributed by atoms with Crippen LogP contribution in [-0.4, -0.2) is 41.1 Å². The highest BCUT2D eigenvalue weighted by Gasteiger charge is 2.14. The van der Waals surface area contributed by atoms with Crippen molar-refractivity contribution in [1.82, 2.24) is 9.88 Å². The zero-order valence-corrected chi connectivity index (χ0v) is 11.7. The van der Waals surface area contributed by atoms with E-state index in [9.17, 15) is 4.79 Å². The van der Waals surface area contributed by atoms with E-state index in [2.05, 4.69) is 4.98 Å². The van der Waals surface area contributed by atoms with Crippen LogP contribution >= 0.6 is 0 Å². The number of pyridine rings is 1. The highest BCUT2D eigenvalue weighted by Crippen LogP contribution is 2.17. The topological polar surface area (TPSA) is 53.4 Å². The number of aliphatic hydroxyl groups excluding tert-OH is 1. The van der Waals surface area contributed by atoms with Crippen molar-refractivity contribution in [3.8, 4) is 0 Å². The number of aliphatic hydroxyl groups is 1. The smallest absolute Gasteiger partial charge is 0.255 e. The molecule has 0 radical (unpaired) electrons. The van der Waals surface area contributed by atoms with Crippen molar-refractivity contribution in [3.63, 3.8) is 0 Å². The number of nitrogens with zero attached hydrogens (tertiary/aromatic N) is 2. The lowest BCUT2D eigenvalue weighted by atomic mass is 10.1. The molecular formula is C16H20N2O2. The van der Waals surface area contributed by atoms with Gasteiger partial charge in [-0.1, -0.05) is 18.2 Å². The number of fused-ring (bicyclic) bond motifs is 1. The van der Waals surface area contributed by atoms with Gasteiger partial charge in [0.05, 0.1) is 11.1 Å². The molecule has 0 saturated carbocycles. The van der Waals surface area contributed by atoms with Gasteiger partial charge in [0.2, 0.25) is 0 Å². The molecule has 1 aromatic heterocycles. The molecule has 0 saturated heterocycles. The third-order valence-corrected chi connectivity index (χ3v) is 3.36. The van der Waals surface area contributed by atoms with Crippen LogP contribution in [0, 0.1) is 0 Å². The van der Waals surface area contributed by atoms with Crippen LogP contribution < -0.4 is 0 Å². The largest absolute Gasteiger partial charge is 0.396 e. The summed E-state index contributed by atoms with van der Waals surface area (Å²) in [5.41, 5.74) is 1.40. The molecule has 1 heterocycles. The normalized spacial score (nSPS) is 10.7.